The number of hydrogen-bond donors (Lipinski definition) is 1. The van der Waals surface area contributed by atoms with E-state index in [4.69, 9.17) is 12.6 Å². The third-order valence-electron chi connectivity index (χ3n) is 4.01. The van der Waals surface area contributed by atoms with Gasteiger partial charge in [-0.3, -0.25) is 0 Å². The van der Waals surface area contributed by atoms with Crippen molar-refractivity contribution in [3.05, 3.63) is 0 Å². The normalized spacial score (nSPS) is 33.3. The SMILES string of the molecule is [B]CNCC[C@]1(I)CCOC2(CCCC2)C1. The van der Waals surface area contributed by atoms with Crippen molar-refractivity contribution in [3.8, 4) is 0 Å². The number of rotatable bonds is 4. The van der Waals surface area contributed by atoms with Gasteiger partial charge in [-0.05, 0) is 45.1 Å². The second kappa shape index (κ2) is 5.57. The van der Waals surface area contributed by atoms with Gasteiger partial charge in [0.05, 0.1) is 13.4 Å². The first-order chi connectivity index (χ1) is 7.68. The molecule has 2 nitrogen and oxygen atoms in total. The van der Waals surface area contributed by atoms with Crippen LogP contribution in [0.25, 0.3) is 0 Å². The second-order valence-electron chi connectivity index (χ2n) is 5.27. The van der Waals surface area contributed by atoms with E-state index in [9.17, 15) is 0 Å². The summed E-state index contributed by atoms with van der Waals surface area (Å²) in [5, 5.41) is 3.23. The van der Waals surface area contributed by atoms with E-state index in [0.29, 0.717) is 9.87 Å². The minimum absolute atomic E-state index is 0.238. The monoisotopic (exact) mass is 333 g/mol. The molecule has 1 saturated carbocycles. The Hall–Kier alpha value is 0.715. The predicted octanol–water partition coefficient (Wildman–Crippen LogP) is 2.39. The summed E-state index contributed by atoms with van der Waals surface area (Å²) in [5.41, 5.74) is 0.238. The number of hydrogen-bond acceptors (Lipinski definition) is 2. The van der Waals surface area contributed by atoms with E-state index in [-0.39, 0.29) is 5.60 Å². The summed E-state index contributed by atoms with van der Waals surface area (Å²) in [5.74, 6) is 0. The minimum Gasteiger partial charge on any atom is -0.375 e. The van der Waals surface area contributed by atoms with Crippen molar-refractivity contribution in [1.29, 1.82) is 0 Å². The number of ether oxygens (including phenoxy) is 1. The molecule has 4 heteroatoms. The molecule has 1 aliphatic heterocycles. The van der Waals surface area contributed by atoms with Crippen molar-refractivity contribution in [1.82, 2.24) is 5.32 Å². The molecule has 1 N–H and O–H groups in total. The van der Waals surface area contributed by atoms with Crippen molar-refractivity contribution in [2.75, 3.05) is 19.6 Å². The average molecular weight is 333 g/mol. The molecule has 1 heterocycles. The maximum Gasteiger partial charge on any atom is 0.0859 e. The lowest BCUT2D eigenvalue weighted by Gasteiger charge is -2.43. The van der Waals surface area contributed by atoms with Crippen LogP contribution >= 0.6 is 22.6 Å². The van der Waals surface area contributed by atoms with E-state index in [1.807, 2.05) is 0 Å². The van der Waals surface area contributed by atoms with Crippen LogP contribution < -0.4 is 5.32 Å². The highest BCUT2D eigenvalue weighted by atomic mass is 127. The first-order valence-corrected chi connectivity index (χ1v) is 7.50. The summed E-state index contributed by atoms with van der Waals surface area (Å²) in [7, 11) is 5.46. The van der Waals surface area contributed by atoms with E-state index in [2.05, 4.69) is 27.9 Å². The quantitative estimate of drug-likeness (QED) is 0.369. The standard InChI is InChI=1S/C12H21BINO/c13-10-15-7-5-11(14)6-8-16-12(9-11)3-1-2-4-12/h15H,1-10H2/t11-/m0/s1. The Morgan fingerprint density at radius 2 is 2.00 bits per heavy atom. The van der Waals surface area contributed by atoms with Crippen LogP contribution in [0.1, 0.15) is 44.9 Å². The van der Waals surface area contributed by atoms with Crippen LogP contribution in [0.15, 0.2) is 0 Å². The molecule has 2 rings (SSSR count). The van der Waals surface area contributed by atoms with Crippen LogP contribution in [0.5, 0.6) is 0 Å². The third kappa shape index (κ3) is 3.13. The van der Waals surface area contributed by atoms with Gasteiger partial charge in [0.15, 0.2) is 0 Å². The first-order valence-electron chi connectivity index (χ1n) is 6.42. The van der Waals surface area contributed by atoms with Crippen LogP contribution in [0.3, 0.4) is 0 Å². The summed E-state index contributed by atoms with van der Waals surface area (Å²) in [6.45, 7) is 1.99. The van der Waals surface area contributed by atoms with Gasteiger partial charge in [0.1, 0.15) is 0 Å². The summed E-state index contributed by atoms with van der Waals surface area (Å²) in [4.78, 5) is 0. The zero-order valence-electron chi connectivity index (χ0n) is 9.93. The minimum atomic E-state index is 0.238. The summed E-state index contributed by atoms with van der Waals surface area (Å²) >= 11 is 2.67. The van der Waals surface area contributed by atoms with Gasteiger partial charge in [-0.25, -0.2) is 0 Å². The van der Waals surface area contributed by atoms with Crippen molar-refractivity contribution in [2.24, 2.45) is 0 Å². The molecule has 0 bridgehead atoms. The lowest BCUT2D eigenvalue weighted by Crippen LogP contribution is -2.45. The lowest BCUT2D eigenvalue weighted by atomic mass is 9.83. The van der Waals surface area contributed by atoms with Gasteiger partial charge in [-0.2, -0.15) is 0 Å². The lowest BCUT2D eigenvalue weighted by molar-refractivity contribution is -0.0831. The first kappa shape index (κ1) is 13.2. The Balaban J connectivity index is 1.89. The van der Waals surface area contributed by atoms with E-state index < -0.39 is 0 Å². The van der Waals surface area contributed by atoms with Crippen LogP contribution in [0, 0.1) is 0 Å². The van der Waals surface area contributed by atoms with E-state index in [1.165, 1.54) is 44.9 Å². The fraction of sp³-hybridized carbons (Fsp3) is 1.00. The molecule has 0 aromatic heterocycles. The number of alkyl halides is 1. The molecule has 0 amide bonds. The Bertz CT molecular complexity index is 233. The summed E-state index contributed by atoms with van der Waals surface area (Å²) < 4.78 is 6.51. The van der Waals surface area contributed by atoms with E-state index in [1.54, 1.807) is 0 Å². The van der Waals surface area contributed by atoms with Crippen LogP contribution in [-0.4, -0.2) is 36.5 Å². The Labute approximate surface area is 114 Å². The van der Waals surface area contributed by atoms with Crippen molar-refractivity contribution < 1.29 is 4.74 Å². The zero-order valence-corrected chi connectivity index (χ0v) is 12.1. The largest absolute Gasteiger partial charge is 0.375 e. The molecule has 2 fully saturated rings. The molecule has 0 aromatic rings. The molecule has 90 valence electrons. The average Bonchev–Trinajstić information content (AvgIpc) is 2.66. The number of halogens is 1. The zero-order chi connectivity index (χ0) is 11.5. The highest BCUT2D eigenvalue weighted by molar-refractivity contribution is 14.1. The highest BCUT2D eigenvalue weighted by Gasteiger charge is 2.45. The third-order valence-corrected chi connectivity index (χ3v) is 5.47. The fourth-order valence-corrected chi connectivity index (χ4v) is 4.32. The molecule has 1 aliphatic carbocycles. The van der Waals surface area contributed by atoms with Gasteiger partial charge >= 0.3 is 0 Å². The smallest absolute Gasteiger partial charge is 0.0859 e. The molecule has 1 atom stereocenters. The van der Waals surface area contributed by atoms with Crippen LogP contribution in [0.4, 0.5) is 0 Å². The van der Waals surface area contributed by atoms with Crippen molar-refractivity contribution >= 4 is 30.4 Å². The topological polar surface area (TPSA) is 21.3 Å². The molecular weight excluding hydrogens is 312 g/mol. The molecule has 0 aromatic carbocycles. The summed E-state index contributed by atoms with van der Waals surface area (Å²) in [6.07, 6.45) is 9.52. The maximum absolute atomic E-state index is 6.08. The Kier molecular flexibility index (Phi) is 4.58. The molecule has 1 spiro atoms. The van der Waals surface area contributed by atoms with Gasteiger partial charge in [0.25, 0.3) is 0 Å². The maximum atomic E-state index is 6.08. The van der Waals surface area contributed by atoms with Gasteiger partial charge < -0.3 is 10.1 Å². The second-order valence-corrected chi connectivity index (χ2v) is 7.56. The molecule has 1 saturated heterocycles. The Morgan fingerprint density at radius 3 is 2.69 bits per heavy atom. The van der Waals surface area contributed by atoms with E-state index >= 15 is 0 Å². The molecule has 2 radical (unpaired) electrons. The van der Waals surface area contributed by atoms with E-state index in [0.717, 1.165) is 13.2 Å². The molecule has 16 heavy (non-hydrogen) atoms. The molecule has 0 unspecified atom stereocenters. The fourth-order valence-electron chi connectivity index (χ4n) is 3.14. The van der Waals surface area contributed by atoms with Crippen LogP contribution in [0.2, 0.25) is 0 Å². The van der Waals surface area contributed by atoms with Gasteiger partial charge in [-0.1, -0.05) is 35.4 Å². The van der Waals surface area contributed by atoms with Crippen LogP contribution in [-0.2, 0) is 4.74 Å². The van der Waals surface area contributed by atoms with Gasteiger partial charge in [0, 0.05) is 10.0 Å². The molecular formula is C12H21BINO. The Morgan fingerprint density at radius 1 is 1.25 bits per heavy atom. The summed E-state index contributed by atoms with van der Waals surface area (Å²) in [6, 6.07) is 0. The van der Waals surface area contributed by atoms with Gasteiger partial charge in [-0.15, -0.1) is 0 Å². The number of nitrogens with one attached hydrogen (secondary N) is 1. The molecule has 2 aliphatic rings. The predicted molar refractivity (Wildman–Crippen MR) is 76.4 cm³/mol. The van der Waals surface area contributed by atoms with Crippen molar-refractivity contribution in [3.63, 3.8) is 0 Å². The van der Waals surface area contributed by atoms with Gasteiger partial charge in [0.2, 0.25) is 0 Å². The highest BCUT2D eigenvalue weighted by Crippen LogP contribution is 2.48. The van der Waals surface area contributed by atoms with Crippen molar-refractivity contribution in [2.45, 2.75) is 54.0 Å².